The Balaban J connectivity index is 1.57. The molecule has 130 valence electrons. The molecule has 6 heteroatoms. The second-order valence-corrected chi connectivity index (χ2v) is 5.80. The van der Waals surface area contributed by atoms with Gasteiger partial charge in [0, 0.05) is 18.8 Å². The van der Waals surface area contributed by atoms with Crippen LogP contribution in [0, 0.1) is 0 Å². The van der Waals surface area contributed by atoms with E-state index in [1.54, 1.807) is 37.1 Å². The van der Waals surface area contributed by atoms with Crippen molar-refractivity contribution in [3.63, 3.8) is 0 Å². The molecule has 0 spiro atoms. The number of fused-ring (bicyclic) bond motifs is 1. The predicted octanol–water partition coefficient (Wildman–Crippen LogP) is 2.84. The van der Waals surface area contributed by atoms with E-state index < -0.39 is 6.10 Å². The molecule has 0 aliphatic carbocycles. The fourth-order valence-electron chi connectivity index (χ4n) is 2.60. The number of amides is 2. The molecule has 1 unspecified atom stereocenters. The number of carbonyl (C=O) groups is 2. The number of hydrogen-bond acceptors (Lipinski definition) is 4. The van der Waals surface area contributed by atoms with E-state index in [2.05, 4.69) is 5.32 Å². The van der Waals surface area contributed by atoms with Gasteiger partial charge in [0.1, 0.15) is 11.5 Å². The number of anilines is 2. The Labute approximate surface area is 146 Å². The van der Waals surface area contributed by atoms with Crippen LogP contribution in [0.25, 0.3) is 0 Å². The molecule has 6 nitrogen and oxygen atoms in total. The summed E-state index contributed by atoms with van der Waals surface area (Å²) >= 11 is 0. The molecule has 0 aromatic heterocycles. The minimum atomic E-state index is -0.539. The van der Waals surface area contributed by atoms with Crippen LogP contribution in [0.4, 0.5) is 11.4 Å². The Hall–Kier alpha value is -3.02. The van der Waals surface area contributed by atoms with Gasteiger partial charge in [0.15, 0.2) is 6.10 Å². The molecule has 1 aliphatic heterocycles. The van der Waals surface area contributed by atoms with Gasteiger partial charge in [-0.1, -0.05) is 18.2 Å². The predicted molar refractivity (Wildman–Crippen MR) is 95.1 cm³/mol. The fourth-order valence-corrected chi connectivity index (χ4v) is 2.60. The van der Waals surface area contributed by atoms with Gasteiger partial charge < -0.3 is 19.7 Å². The maximum atomic E-state index is 12.1. The summed E-state index contributed by atoms with van der Waals surface area (Å²) in [6, 6.07) is 14.6. The third kappa shape index (κ3) is 3.91. The van der Waals surface area contributed by atoms with E-state index in [0.717, 1.165) is 5.75 Å². The number of hydrogen-bond donors (Lipinski definition) is 1. The lowest BCUT2D eigenvalue weighted by molar-refractivity contribution is -0.125. The molecule has 0 saturated heterocycles. The Kier molecular flexibility index (Phi) is 4.88. The number of likely N-dealkylation sites (N-methyl/N-ethyl adjacent to an activating group) is 1. The van der Waals surface area contributed by atoms with Crippen LogP contribution >= 0.6 is 0 Å². The number of para-hydroxylation sites is 1. The number of carbonyl (C=O) groups excluding carboxylic acids is 2. The molecule has 0 fully saturated rings. The molecule has 0 saturated carbocycles. The molecule has 0 radical (unpaired) electrons. The van der Waals surface area contributed by atoms with E-state index in [0.29, 0.717) is 23.7 Å². The lowest BCUT2D eigenvalue weighted by atomic mass is 10.2. The number of nitrogens with zero attached hydrogens (tertiary/aromatic N) is 1. The Morgan fingerprint density at radius 3 is 2.76 bits per heavy atom. The fraction of sp³-hybridized carbons (Fsp3) is 0.263. The molecule has 1 atom stereocenters. The van der Waals surface area contributed by atoms with E-state index in [9.17, 15) is 9.59 Å². The van der Waals surface area contributed by atoms with Crippen molar-refractivity contribution < 1.29 is 19.1 Å². The summed E-state index contributed by atoms with van der Waals surface area (Å²) in [6.45, 7) is 2.00. The Morgan fingerprint density at radius 2 is 2.00 bits per heavy atom. The number of rotatable bonds is 5. The zero-order chi connectivity index (χ0) is 17.8. The maximum absolute atomic E-state index is 12.1. The molecule has 1 N–H and O–H groups in total. The topological polar surface area (TPSA) is 67.9 Å². The van der Waals surface area contributed by atoms with Gasteiger partial charge in [-0.3, -0.25) is 9.59 Å². The minimum Gasteiger partial charge on any atom is -0.493 e. The van der Waals surface area contributed by atoms with Gasteiger partial charge in [-0.15, -0.1) is 0 Å². The minimum absolute atomic E-state index is 0.0950. The quantitative estimate of drug-likeness (QED) is 0.909. The highest BCUT2D eigenvalue weighted by molar-refractivity contribution is 6.00. The third-order valence-corrected chi connectivity index (χ3v) is 3.93. The summed E-state index contributed by atoms with van der Waals surface area (Å²) in [4.78, 5) is 25.5. The first kappa shape index (κ1) is 16.8. The molecule has 3 rings (SSSR count). The largest absolute Gasteiger partial charge is 0.493 e. The summed E-state index contributed by atoms with van der Waals surface area (Å²) in [7, 11) is 1.71. The SMILES string of the molecule is CC1Oc2cc(NC(=O)CCOc3ccccc3)ccc2N(C)C1=O. The van der Waals surface area contributed by atoms with E-state index in [1.165, 1.54) is 0 Å². The number of benzene rings is 2. The molecular formula is C19H20N2O4. The average Bonchev–Trinajstić information content (AvgIpc) is 2.60. The second kappa shape index (κ2) is 7.25. The highest BCUT2D eigenvalue weighted by atomic mass is 16.5. The average molecular weight is 340 g/mol. The summed E-state index contributed by atoms with van der Waals surface area (Å²) in [5, 5.41) is 2.82. The van der Waals surface area contributed by atoms with Crippen LogP contribution in [0.5, 0.6) is 11.5 Å². The van der Waals surface area contributed by atoms with Gasteiger partial charge >= 0.3 is 0 Å². The Morgan fingerprint density at radius 1 is 1.24 bits per heavy atom. The van der Waals surface area contributed by atoms with Gasteiger partial charge in [0.05, 0.1) is 18.7 Å². The monoisotopic (exact) mass is 340 g/mol. The molecule has 2 aromatic carbocycles. The van der Waals surface area contributed by atoms with Crippen molar-refractivity contribution in [3.05, 3.63) is 48.5 Å². The standard InChI is InChI=1S/C19H20N2O4/c1-13-19(23)21(2)16-9-8-14(12-17(16)25-13)20-18(22)10-11-24-15-6-4-3-5-7-15/h3-9,12-13H,10-11H2,1-2H3,(H,20,22). The van der Waals surface area contributed by atoms with Crippen molar-refractivity contribution in [2.24, 2.45) is 0 Å². The van der Waals surface area contributed by atoms with Crippen LogP contribution in [0.2, 0.25) is 0 Å². The molecular weight excluding hydrogens is 320 g/mol. The maximum Gasteiger partial charge on any atom is 0.267 e. The van der Waals surface area contributed by atoms with Crippen molar-refractivity contribution >= 4 is 23.2 Å². The highest BCUT2D eigenvalue weighted by Crippen LogP contribution is 2.35. The lowest BCUT2D eigenvalue weighted by Crippen LogP contribution is -2.41. The van der Waals surface area contributed by atoms with Gasteiger partial charge in [0.25, 0.3) is 5.91 Å². The van der Waals surface area contributed by atoms with E-state index in [-0.39, 0.29) is 18.2 Å². The van der Waals surface area contributed by atoms with Gasteiger partial charge in [-0.2, -0.15) is 0 Å². The highest BCUT2D eigenvalue weighted by Gasteiger charge is 2.28. The van der Waals surface area contributed by atoms with Crippen LogP contribution in [0.1, 0.15) is 13.3 Å². The zero-order valence-corrected chi connectivity index (χ0v) is 14.2. The molecule has 2 aromatic rings. The molecule has 1 heterocycles. The number of nitrogens with one attached hydrogen (secondary N) is 1. The van der Waals surface area contributed by atoms with Gasteiger partial charge in [-0.05, 0) is 31.2 Å². The van der Waals surface area contributed by atoms with Crippen LogP contribution in [0.3, 0.4) is 0 Å². The molecule has 25 heavy (non-hydrogen) atoms. The van der Waals surface area contributed by atoms with E-state index in [4.69, 9.17) is 9.47 Å². The van der Waals surface area contributed by atoms with Gasteiger partial charge in [-0.25, -0.2) is 0 Å². The summed E-state index contributed by atoms with van der Waals surface area (Å²) in [5.74, 6) is 1.07. The first-order valence-electron chi connectivity index (χ1n) is 8.10. The van der Waals surface area contributed by atoms with Crippen molar-refractivity contribution in [2.45, 2.75) is 19.4 Å². The van der Waals surface area contributed by atoms with Crippen molar-refractivity contribution in [2.75, 3.05) is 23.9 Å². The summed E-state index contributed by atoms with van der Waals surface area (Å²) in [6.07, 6.45) is -0.301. The summed E-state index contributed by atoms with van der Waals surface area (Å²) < 4.78 is 11.1. The van der Waals surface area contributed by atoms with Crippen molar-refractivity contribution in [3.8, 4) is 11.5 Å². The normalized spacial score (nSPS) is 16.0. The second-order valence-electron chi connectivity index (χ2n) is 5.80. The molecule has 0 bridgehead atoms. The summed E-state index contributed by atoms with van der Waals surface area (Å²) in [5.41, 5.74) is 1.31. The lowest BCUT2D eigenvalue weighted by Gasteiger charge is -2.30. The first-order chi connectivity index (χ1) is 12.0. The van der Waals surface area contributed by atoms with E-state index >= 15 is 0 Å². The Bertz CT molecular complexity index is 776. The van der Waals surface area contributed by atoms with Crippen molar-refractivity contribution in [1.29, 1.82) is 0 Å². The van der Waals surface area contributed by atoms with Crippen LogP contribution in [0.15, 0.2) is 48.5 Å². The number of ether oxygens (including phenoxy) is 2. The molecule has 1 aliphatic rings. The first-order valence-corrected chi connectivity index (χ1v) is 8.10. The van der Waals surface area contributed by atoms with Crippen LogP contribution in [-0.2, 0) is 9.59 Å². The third-order valence-electron chi connectivity index (χ3n) is 3.93. The molecule has 2 amide bonds. The van der Waals surface area contributed by atoms with E-state index in [1.807, 2.05) is 30.3 Å². The van der Waals surface area contributed by atoms with Crippen LogP contribution in [-0.4, -0.2) is 31.6 Å². The smallest absolute Gasteiger partial charge is 0.267 e. The zero-order valence-electron chi connectivity index (χ0n) is 14.2. The van der Waals surface area contributed by atoms with Gasteiger partial charge in [0.2, 0.25) is 5.91 Å². The van der Waals surface area contributed by atoms with Crippen LogP contribution < -0.4 is 19.7 Å². The van der Waals surface area contributed by atoms with Crippen molar-refractivity contribution in [1.82, 2.24) is 0 Å².